The van der Waals surface area contributed by atoms with Crippen molar-refractivity contribution in [3.63, 3.8) is 0 Å². The highest BCUT2D eigenvalue weighted by atomic mass is 15.4. The molecule has 0 aliphatic rings. The number of hydrogen-bond donors (Lipinski definition) is 0. The molecular formula is C70H135N15. The predicted octanol–water partition coefficient (Wildman–Crippen LogP) is 18.5. The molecule has 0 aromatic carbocycles. The Labute approximate surface area is 523 Å². The normalized spacial score (nSPS) is 11.6. The minimum atomic E-state index is 0.674. The van der Waals surface area contributed by atoms with Gasteiger partial charge in [-0.3, -0.25) is 0 Å². The Kier molecular flexibility index (Phi) is 45.1. The van der Waals surface area contributed by atoms with Crippen LogP contribution in [-0.4, -0.2) is 75.0 Å². The van der Waals surface area contributed by atoms with Gasteiger partial charge in [0.25, 0.3) is 0 Å². The van der Waals surface area contributed by atoms with E-state index in [-0.39, 0.29) is 0 Å². The summed E-state index contributed by atoms with van der Waals surface area (Å²) in [6.45, 7) is 50.4. The summed E-state index contributed by atoms with van der Waals surface area (Å²) in [4.78, 5) is 0. The number of unbranched alkanes of at least 4 members (excludes halogenated alkanes) is 7. The van der Waals surface area contributed by atoms with Crippen LogP contribution in [0.5, 0.6) is 0 Å². The van der Waals surface area contributed by atoms with E-state index in [4.69, 9.17) is 0 Å². The largest absolute Gasteiger partial charge is 0.249 e. The molecule has 0 saturated carbocycles. The Bertz CT molecular complexity index is 2020. The monoisotopic (exact) mass is 1190 g/mol. The van der Waals surface area contributed by atoms with Gasteiger partial charge in [0.2, 0.25) is 0 Å². The highest BCUT2D eigenvalue weighted by Gasteiger charge is 2.11. The van der Waals surface area contributed by atoms with Gasteiger partial charge in [-0.15, -0.1) is 25.5 Å². The van der Waals surface area contributed by atoms with Crippen LogP contribution in [0.25, 0.3) is 0 Å². The van der Waals surface area contributed by atoms with E-state index in [0.717, 1.165) is 112 Å². The highest BCUT2D eigenvalue weighted by Crippen LogP contribution is 2.17. The Morgan fingerprint density at radius 1 is 0.224 bits per heavy atom. The molecule has 0 aliphatic carbocycles. The quantitative estimate of drug-likeness (QED) is 0.0346. The molecule has 0 radical (unpaired) electrons. The van der Waals surface area contributed by atoms with Crippen molar-refractivity contribution in [2.75, 3.05) is 0 Å². The van der Waals surface area contributed by atoms with Crippen molar-refractivity contribution in [2.45, 2.75) is 332 Å². The third kappa shape index (κ3) is 43.1. The lowest BCUT2D eigenvalue weighted by Gasteiger charge is -2.08. The van der Waals surface area contributed by atoms with Crippen LogP contribution < -0.4 is 0 Å². The molecule has 0 fully saturated rings. The number of aryl methyl sites for hydroxylation is 8. The zero-order valence-corrected chi connectivity index (χ0v) is 59.1. The zero-order valence-electron chi connectivity index (χ0n) is 59.1. The van der Waals surface area contributed by atoms with Gasteiger partial charge in [0.1, 0.15) is 0 Å². The van der Waals surface area contributed by atoms with E-state index in [9.17, 15) is 0 Å². The molecule has 0 N–H and O–H groups in total. The molecular weight excluding hydrogens is 1050 g/mol. The molecule has 15 heteroatoms. The van der Waals surface area contributed by atoms with Crippen LogP contribution in [0.2, 0.25) is 0 Å². The van der Waals surface area contributed by atoms with Crippen LogP contribution in [0.4, 0.5) is 0 Å². The predicted molar refractivity (Wildman–Crippen MR) is 359 cm³/mol. The van der Waals surface area contributed by atoms with Crippen LogP contribution in [0.1, 0.15) is 295 Å². The molecule has 0 spiro atoms. The maximum absolute atomic E-state index is 4.18. The molecule has 0 amide bonds. The van der Waals surface area contributed by atoms with Crippen molar-refractivity contribution in [3.8, 4) is 0 Å². The van der Waals surface area contributed by atoms with Crippen molar-refractivity contribution >= 4 is 0 Å². The second-order valence-corrected chi connectivity index (χ2v) is 28.9. The van der Waals surface area contributed by atoms with Gasteiger partial charge in [0.05, 0.1) is 59.5 Å². The standard InChI is InChI=1S/5C14H27N3/c1-12(2)7-5-6-10-17-14(11-15-16-17)9-8-13(3)4;2*1-12(2)7-5-6-8-14-11-15-16-17(14)10-9-13(3)4;2*1-12(2)8-6-5-7-9-17-14(10-13(3)4)11-15-16-17/h5*11-13H,5-10H2,1-4H3. The Morgan fingerprint density at radius 3 is 0.753 bits per heavy atom. The van der Waals surface area contributed by atoms with Crippen molar-refractivity contribution in [1.29, 1.82) is 0 Å². The van der Waals surface area contributed by atoms with Gasteiger partial charge in [-0.05, 0) is 143 Å². The van der Waals surface area contributed by atoms with Crippen molar-refractivity contribution in [3.05, 3.63) is 59.5 Å². The third-order valence-electron chi connectivity index (χ3n) is 15.2. The van der Waals surface area contributed by atoms with Gasteiger partial charge < -0.3 is 0 Å². The summed E-state index contributed by atoms with van der Waals surface area (Å²) >= 11 is 0. The van der Waals surface area contributed by atoms with E-state index in [1.807, 2.05) is 31.0 Å². The zero-order chi connectivity index (χ0) is 63.4. The van der Waals surface area contributed by atoms with Gasteiger partial charge in [-0.2, -0.15) is 0 Å². The van der Waals surface area contributed by atoms with Crippen LogP contribution in [0.15, 0.2) is 31.0 Å². The minimum Gasteiger partial charge on any atom is -0.249 e. The first kappa shape index (κ1) is 78.7. The molecule has 5 aromatic heterocycles. The summed E-state index contributed by atoms with van der Waals surface area (Å²) in [6, 6.07) is 0. The second kappa shape index (κ2) is 48.7. The first-order chi connectivity index (χ1) is 40.5. The number of hydrogen-bond acceptors (Lipinski definition) is 10. The highest BCUT2D eigenvalue weighted by molar-refractivity contribution is 4.97. The van der Waals surface area contributed by atoms with E-state index < -0.39 is 0 Å². The number of rotatable bonds is 40. The fraction of sp³-hybridized carbons (Fsp3) is 0.857. The summed E-state index contributed by atoms with van der Waals surface area (Å²) < 4.78 is 10.4. The first-order valence-corrected chi connectivity index (χ1v) is 34.8. The first-order valence-electron chi connectivity index (χ1n) is 34.8. The smallest absolute Gasteiger partial charge is 0.0725 e. The van der Waals surface area contributed by atoms with E-state index in [2.05, 4.69) is 213 Å². The van der Waals surface area contributed by atoms with Crippen molar-refractivity contribution in [1.82, 2.24) is 75.0 Å². The molecule has 0 unspecified atom stereocenters. The van der Waals surface area contributed by atoms with E-state index in [0.29, 0.717) is 11.8 Å². The molecule has 5 aromatic rings. The summed E-state index contributed by atoms with van der Waals surface area (Å²) in [7, 11) is 0. The summed E-state index contributed by atoms with van der Waals surface area (Å²) in [5.74, 6) is 7.67. The van der Waals surface area contributed by atoms with Crippen molar-refractivity contribution < 1.29 is 0 Å². The topological polar surface area (TPSA) is 154 Å². The van der Waals surface area contributed by atoms with Crippen LogP contribution >= 0.6 is 0 Å². The maximum Gasteiger partial charge on any atom is 0.0725 e. The Balaban J connectivity index is 0.000000531. The fourth-order valence-electron chi connectivity index (χ4n) is 9.78. The Morgan fingerprint density at radius 2 is 0.459 bits per heavy atom. The third-order valence-corrected chi connectivity index (χ3v) is 15.2. The second-order valence-electron chi connectivity index (χ2n) is 28.9. The molecule has 0 aliphatic heterocycles. The average molecular weight is 1190 g/mol. The molecule has 0 saturated heterocycles. The van der Waals surface area contributed by atoms with Crippen LogP contribution in [0.3, 0.4) is 0 Å². The number of aromatic nitrogens is 15. The molecule has 0 bridgehead atoms. The summed E-state index contributed by atoms with van der Waals surface area (Å²) in [5, 5.41) is 41.0. The number of nitrogens with zero attached hydrogens (tertiary/aromatic N) is 15. The molecule has 15 nitrogen and oxygen atoms in total. The fourth-order valence-corrected chi connectivity index (χ4v) is 9.78. The van der Waals surface area contributed by atoms with Crippen LogP contribution in [-0.2, 0) is 64.8 Å². The lowest BCUT2D eigenvalue weighted by atomic mass is 10.0. The van der Waals surface area contributed by atoms with Crippen molar-refractivity contribution in [2.24, 2.45) is 59.2 Å². The molecule has 0 atom stereocenters. The molecule has 5 rings (SSSR count). The summed E-state index contributed by atoms with van der Waals surface area (Å²) in [6.07, 6.45) is 40.7. The van der Waals surface area contributed by atoms with Gasteiger partial charge in [0, 0.05) is 32.7 Å². The lowest BCUT2D eigenvalue weighted by Crippen LogP contribution is -2.07. The maximum atomic E-state index is 4.18. The molecule has 5 heterocycles. The average Bonchev–Trinajstić information content (AvgIpc) is 4.53. The SMILES string of the molecule is CC(C)CCCCCn1nncc1CC(C)C.CC(C)CCCCCn1nncc1CC(C)C.CC(C)CCCCc1cnnn1CCC(C)C.CC(C)CCCCc1cnnn1CCC(C)C.CC(C)CCCCn1nncc1CCC(C)C. The van der Waals surface area contributed by atoms with E-state index in [1.165, 1.54) is 157 Å². The van der Waals surface area contributed by atoms with E-state index in [1.54, 1.807) is 0 Å². The van der Waals surface area contributed by atoms with E-state index >= 15 is 0 Å². The minimum absolute atomic E-state index is 0.674. The van der Waals surface area contributed by atoms with Crippen LogP contribution in [0, 0.1) is 59.2 Å². The van der Waals surface area contributed by atoms with Gasteiger partial charge in [-0.1, -0.05) is 242 Å². The Hall–Kier alpha value is -4.30. The summed E-state index contributed by atoms with van der Waals surface area (Å²) in [5.41, 5.74) is 6.46. The molecule has 490 valence electrons. The molecule has 85 heavy (non-hydrogen) atoms. The van der Waals surface area contributed by atoms with Gasteiger partial charge >= 0.3 is 0 Å². The lowest BCUT2D eigenvalue weighted by molar-refractivity contribution is 0.461. The van der Waals surface area contributed by atoms with Gasteiger partial charge in [0.15, 0.2) is 0 Å². The van der Waals surface area contributed by atoms with Gasteiger partial charge in [-0.25, -0.2) is 23.4 Å².